The van der Waals surface area contributed by atoms with E-state index >= 15 is 0 Å². The highest BCUT2D eigenvalue weighted by atomic mass is 16.5. The minimum atomic E-state index is -0.253. The van der Waals surface area contributed by atoms with Gasteiger partial charge in [0.15, 0.2) is 0 Å². The van der Waals surface area contributed by atoms with Gasteiger partial charge < -0.3 is 20.1 Å². The van der Waals surface area contributed by atoms with Gasteiger partial charge in [-0.25, -0.2) is 9.97 Å². The molecule has 0 amide bonds. The fraction of sp³-hybridized carbons (Fsp3) is 0.804. The van der Waals surface area contributed by atoms with Crippen LogP contribution in [0.4, 0.5) is 0 Å². The van der Waals surface area contributed by atoms with Crippen molar-refractivity contribution in [2.75, 3.05) is 0 Å². The summed E-state index contributed by atoms with van der Waals surface area (Å²) in [5.74, 6) is 1.93. The van der Waals surface area contributed by atoms with E-state index in [-0.39, 0.29) is 52.0 Å². The van der Waals surface area contributed by atoms with Gasteiger partial charge in [-0.1, -0.05) is 52.0 Å². The lowest BCUT2D eigenvalue weighted by Gasteiger charge is -2.56. The van der Waals surface area contributed by atoms with Crippen LogP contribution in [0, 0.1) is 57.2 Å². The average molecular weight is 789 g/mol. The number of allylic oxidation sites excluding steroid dienone is 2. The third kappa shape index (κ3) is 8.07. The van der Waals surface area contributed by atoms with Crippen molar-refractivity contribution in [3.05, 3.63) is 49.6 Å². The van der Waals surface area contributed by atoms with Crippen molar-refractivity contribution >= 4 is 5.97 Å². The highest BCUT2D eigenvalue weighted by molar-refractivity contribution is 5.66. The van der Waals surface area contributed by atoms with E-state index in [0.29, 0.717) is 35.5 Å². The number of aromatic nitrogens is 6. The maximum absolute atomic E-state index is 12.1. The van der Waals surface area contributed by atoms with Crippen LogP contribution in [-0.4, -0.2) is 75.2 Å². The van der Waals surface area contributed by atoms with Gasteiger partial charge >= 0.3 is 5.97 Å². The molecule has 6 fully saturated rings. The Kier molecular flexibility index (Phi) is 12.3. The number of carbonyl (C=O) groups is 1. The summed E-state index contributed by atoms with van der Waals surface area (Å²) in [6.07, 6.45) is 21.8. The Labute approximate surface area is 341 Å². The molecule has 57 heavy (non-hydrogen) atoms. The van der Waals surface area contributed by atoms with Gasteiger partial charge in [0, 0.05) is 31.8 Å². The number of ether oxygens (including phenoxy) is 1. The van der Waals surface area contributed by atoms with Crippen molar-refractivity contribution in [3.63, 3.8) is 0 Å². The van der Waals surface area contributed by atoms with Crippen LogP contribution < -0.4 is 0 Å². The smallest absolute Gasteiger partial charge is 0.302 e. The van der Waals surface area contributed by atoms with Gasteiger partial charge in [0.25, 0.3) is 0 Å². The molecular weight excluding hydrogens is 717 g/mol. The molecule has 0 aromatic carbocycles. The van der Waals surface area contributed by atoms with E-state index < -0.39 is 0 Å². The fourth-order valence-electron chi connectivity index (χ4n) is 13.7. The minimum absolute atomic E-state index is 0.0329. The number of rotatable bonds is 9. The van der Waals surface area contributed by atoms with Gasteiger partial charge in [0.2, 0.25) is 0 Å². The number of esters is 1. The summed E-state index contributed by atoms with van der Waals surface area (Å²) >= 11 is 0. The van der Waals surface area contributed by atoms with Gasteiger partial charge in [0.05, 0.1) is 18.3 Å². The summed E-state index contributed by atoms with van der Waals surface area (Å²) in [5, 5.41) is 40.8. The molecule has 2 aromatic rings. The Bertz CT molecular complexity index is 1700. The number of nitrogens with zero attached hydrogens (tertiary/aromatic N) is 6. The quantitative estimate of drug-likeness (QED) is 0.172. The van der Waals surface area contributed by atoms with E-state index in [4.69, 9.17) is 4.74 Å². The molecule has 3 N–H and O–H groups in total. The van der Waals surface area contributed by atoms with Gasteiger partial charge in [-0.15, -0.1) is 0 Å². The van der Waals surface area contributed by atoms with Crippen molar-refractivity contribution in [2.24, 2.45) is 57.2 Å². The summed E-state index contributed by atoms with van der Waals surface area (Å²) in [4.78, 5) is 20.2. The maximum atomic E-state index is 12.1. The molecule has 11 heteroatoms. The van der Waals surface area contributed by atoms with Gasteiger partial charge in [-0.05, 0) is 148 Å². The molecule has 6 saturated carbocycles. The zero-order valence-electron chi connectivity index (χ0n) is 35.6. The van der Waals surface area contributed by atoms with Crippen LogP contribution in [0.15, 0.2) is 49.6 Å². The van der Waals surface area contributed by atoms with E-state index in [2.05, 4.69) is 61.0 Å². The topological polar surface area (TPSA) is 148 Å². The third-order valence-corrected chi connectivity index (χ3v) is 17.7. The molecule has 2 aromatic heterocycles. The molecule has 2 heterocycles. The maximum Gasteiger partial charge on any atom is 0.302 e. The molecule has 6 aliphatic rings. The second-order valence-corrected chi connectivity index (χ2v) is 20.3. The number of carbonyl (C=O) groups excluding carboxylic acids is 1. The van der Waals surface area contributed by atoms with Crippen molar-refractivity contribution < 1.29 is 24.9 Å². The van der Waals surface area contributed by atoms with Crippen LogP contribution in [0.1, 0.15) is 137 Å². The Morgan fingerprint density at radius 2 is 1.18 bits per heavy atom. The van der Waals surface area contributed by atoms with E-state index in [1.807, 2.05) is 9.36 Å². The number of aliphatic hydroxyl groups excluding tert-OH is 3. The van der Waals surface area contributed by atoms with Crippen molar-refractivity contribution in [3.8, 4) is 0 Å². The van der Waals surface area contributed by atoms with E-state index in [1.54, 1.807) is 32.2 Å². The molecule has 6 aliphatic carbocycles. The third-order valence-electron chi connectivity index (χ3n) is 17.7. The van der Waals surface area contributed by atoms with Gasteiger partial charge in [0.1, 0.15) is 31.4 Å². The molecule has 14 atom stereocenters. The zero-order chi connectivity index (χ0) is 40.8. The standard InChI is InChI=1S/C24H37N3O3.C22H35N3O2/c1-16-5-6-20-22(30-17(2)28)21(8-11-23(16,20)3)24(4)10-7-19(29)13-18(24)9-12-27-15-25-14-26-27;1-15-4-5-18-20(27)19(7-10-21(15,18)2)22(3)9-6-17(26)12-16(22)8-11-25-14-23-13-24-25/h14-15,18-22,29H,1,5-13H2,2-4H3;13-14,16-20,26-27H,1,4-12H2,2-3H3/t18-,19-,20-,21-,22-,23+,24-;16-,17-,18-,19-,20-,21+,22-/m00/s1. The molecule has 0 aliphatic heterocycles. The summed E-state index contributed by atoms with van der Waals surface area (Å²) in [6, 6.07) is 0. The Hall–Kier alpha value is -2.89. The number of aliphatic hydroxyl groups is 3. The Balaban J connectivity index is 0.000000175. The predicted octanol–water partition coefficient (Wildman–Crippen LogP) is 7.73. The zero-order valence-corrected chi connectivity index (χ0v) is 35.6. The van der Waals surface area contributed by atoms with Crippen LogP contribution in [0.5, 0.6) is 0 Å². The van der Waals surface area contributed by atoms with Gasteiger partial charge in [-0.2, -0.15) is 10.2 Å². The number of hydrogen-bond acceptors (Lipinski definition) is 9. The SMILES string of the molecule is C=C1CC[C@H]2[C@H](O)[C@@H]([C@@]3(C)CC[C@H](O)C[C@@H]3CCn3cncn3)CC[C@]12C.C=C1CC[C@H]2[C@H](OC(C)=O)[C@@H]([C@@]3(C)CC[C@H](O)C[C@@H]3CCn3cncn3)CC[C@]12C. The van der Waals surface area contributed by atoms with E-state index in [0.717, 1.165) is 116 Å². The van der Waals surface area contributed by atoms with Crippen molar-refractivity contribution in [1.82, 2.24) is 29.5 Å². The van der Waals surface area contributed by atoms with Crippen molar-refractivity contribution in [1.29, 1.82) is 0 Å². The first-order valence-electron chi connectivity index (χ1n) is 22.3. The molecule has 316 valence electrons. The van der Waals surface area contributed by atoms with Crippen LogP contribution >= 0.6 is 0 Å². The summed E-state index contributed by atoms with van der Waals surface area (Å²) in [6.45, 7) is 21.3. The lowest BCUT2D eigenvalue weighted by Crippen LogP contribution is -2.54. The Morgan fingerprint density at radius 1 is 0.702 bits per heavy atom. The predicted molar refractivity (Wildman–Crippen MR) is 219 cm³/mol. The van der Waals surface area contributed by atoms with E-state index in [9.17, 15) is 20.1 Å². The molecular formula is C46H72N6O5. The largest absolute Gasteiger partial charge is 0.462 e. The summed E-state index contributed by atoms with van der Waals surface area (Å²) < 4.78 is 9.87. The normalized spacial score (nSPS) is 43.2. The molecule has 0 bridgehead atoms. The monoisotopic (exact) mass is 789 g/mol. The lowest BCUT2D eigenvalue weighted by molar-refractivity contribution is -0.173. The first kappa shape index (κ1) is 42.2. The van der Waals surface area contributed by atoms with E-state index in [1.165, 1.54) is 11.1 Å². The van der Waals surface area contributed by atoms with Crippen LogP contribution in [-0.2, 0) is 22.6 Å². The summed E-state index contributed by atoms with van der Waals surface area (Å²) in [5.41, 5.74) is 2.98. The highest BCUT2D eigenvalue weighted by Gasteiger charge is 2.59. The first-order chi connectivity index (χ1) is 27.1. The average Bonchev–Trinajstić information content (AvgIpc) is 3.99. The number of hydrogen-bond donors (Lipinski definition) is 3. The number of aryl methyl sites for hydroxylation is 2. The second kappa shape index (κ2) is 16.6. The molecule has 0 saturated heterocycles. The summed E-state index contributed by atoms with van der Waals surface area (Å²) in [7, 11) is 0. The minimum Gasteiger partial charge on any atom is -0.462 e. The number of fused-ring (bicyclic) bond motifs is 2. The molecule has 11 nitrogen and oxygen atoms in total. The lowest BCUT2D eigenvalue weighted by atomic mass is 9.51. The first-order valence-corrected chi connectivity index (χ1v) is 22.3. The molecule has 0 unspecified atom stereocenters. The van der Waals surface area contributed by atoms with Gasteiger partial charge in [-0.3, -0.25) is 14.2 Å². The molecule has 8 rings (SSSR count). The van der Waals surface area contributed by atoms with Crippen LogP contribution in [0.2, 0.25) is 0 Å². The second-order valence-electron chi connectivity index (χ2n) is 20.3. The van der Waals surface area contributed by atoms with Crippen LogP contribution in [0.25, 0.3) is 0 Å². The molecule has 0 spiro atoms. The van der Waals surface area contributed by atoms with Crippen LogP contribution in [0.3, 0.4) is 0 Å². The molecule has 0 radical (unpaired) electrons. The fourth-order valence-corrected chi connectivity index (χ4v) is 13.7. The highest BCUT2D eigenvalue weighted by Crippen LogP contribution is 2.63. The Morgan fingerprint density at radius 3 is 1.67 bits per heavy atom. The van der Waals surface area contributed by atoms with Crippen molar-refractivity contribution in [2.45, 2.75) is 175 Å².